The van der Waals surface area contributed by atoms with Crippen molar-refractivity contribution >= 4 is 54.3 Å². The highest BCUT2D eigenvalue weighted by atomic mass is 32.1. The van der Waals surface area contributed by atoms with Crippen molar-refractivity contribution in [3.63, 3.8) is 0 Å². The number of aromatic nitrogens is 1. The molecule has 0 aliphatic heterocycles. The van der Waals surface area contributed by atoms with Gasteiger partial charge < -0.3 is 4.90 Å². The molecule has 0 atom stereocenters. The minimum absolute atomic E-state index is 1.13. The summed E-state index contributed by atoms with van der Waals surface area (Å²) in [6.45, 7) is 0. The summed E-state index contributed by atoms with van der Waals surface area (Å²) in [5, 5.41) is 1.29. The van der Waals surface area contributed by atoms with Gasteiger partial charge in [-0.2, -0.15) is 0 Å². The average molecular weight is 543 g/mol. The lowest BCUT2D eigenvalue weighted by atomic mass is 10.0. The Hall–Kier alpha value is -5.12. The standard InChI is InChI=1S/C38H26N2S/c1-4-13-28(14-5-1)36-33-19-10-11-21-34(33)40-35-22-12-20-32(37(35)41-38(36)40)27-23-25-31(26-24-27)39(29-15-6-2-7-16-29)30-17-8-3-9-18-30/h1-26H. The summed E-state index contributed by atoms with van der Waals surface area (Å²) in [6.07, 6.45) is 0. The van der Waals surface area contributed by atoms with E-state index in [0.29, 0.717) is 0 Å². The largest absolute Gasteiger partial charge is 0.311 e. The molecule has 8 rings (SSSR count). The van der Waals surface area contributed by atoms with E-state index in [1.54, 1.807) is 0 Å². The summed E-state index contributed by atoms with van der Waals surface area (Å²) in [6, 6.07) is 56.3. The molecule has 41 heavy (non-hydrogen) atoms. The average Bonchev–Trinajstić information content (AvgIpc) is 3.58. The molecule has 0 radical (unpaired) electrons. The maximum absolute atomic E-state index is 2.45. The number of hydrogen-bond acceptors (Lipinski definition) is 2. The highest BCUT2D eigenvalue weighted by molar-refractivity contribution is 7.25. The lowest BCUT2D eigenvalue weighted by Gasteiger charge is -2.25. The lowest BCUT2D eigenvalue weighted by Crippen LogP contribution is -2.09. The molecule has 0 saturated heterocycles. The van der Waals surface area contributed by atoms with Crippen molar-refractivity contribution in [3.05, 3.63) is 158 Å². The molecule has 8 aromatic rings. The van der Waals surface area contributed by atoms with Crippen LogP contribution in [0.3, 0.4) is 0 Å². The summed E-state index contributed by atoms with van der Waals surface area (Å²) < 4.78 is 3.75. The van der Waals surface area contributed by atoms with Gasteiger partial charge in [-0.1, -0.05) is 109 Å². The van der Waals surface area contributed by atoms with Gasteiger partial charge in [0.05, 0.1) is 15.7 Å². The van der Waals surface area contributed by atoms with Crippen LogP contribution in [-0.2, 0) is 0 Å². The Morgan fingerprint density at radius 2 is 1.00 bits per heavy atom. The van der Waals surface area contributed by atoms with Gasteiger partial charge >= 0.3 is 0 Å². The van der Waals surface area contributed by atoms with Crippen molar-refractivity contribution in [1.29, 1.82) is 0 Å². The molecular weight excluding hydrogens is 516 g/mol. The van der Waals surface area contributed by atoms with Gasteiger partial charge in [0.1, 0.15) is 4.83 Å². The topological polar surface area (TPSA) is 7.65 Å². The van der Waals surface area contributed by atoms with Gasteiger partial charge in [-0.15, -0.1) is 11.3 Å². The molecule has 0 saturated carbocycles. The number of thiazole rings is 1. The maximum Gasteiger partial charge on any atom is 0.109 e. The quantitative estimate of drug-likeness (QED) is 0.210. The lowest BCUT2D eigenvalue weighted by molar-refractivity contribution is 1.28. The Morgan fingerprint density at radius 3 is 1.68 bits per heavy atom. The fourth-order valence-electron chi connectivity index (χ4n) is 5.96. The summed E-state index contributed by atoms with van der Waals surface area (Å²) in [4.78, 5) is 3.59. The number of benzene rings is 6. The molecule has 0 aliphatic carbocycles. The van der Waals surface area contributed by atoms with Gasteiger partial charge in [-0.3, -0.25) is 4.40 Å². The van der Waals surface area contributed by atoms with Crippen LogP contribution in [0.5, 0.6) is 0 Å². The molecule has 0 fully saturated rings. The molecule has 0 N–H and O–H groups in total. The van der Waals surface area contributed by atoms with Crippen LogP contribution in [0, 0.1) is 0 Å². The predicted octanol–water partition coefficient (Wildman–Crippen LogP) is 11.1. The molecule has 6 aromatic carbocycles. The van der Waals surface area contributed by atoms with Crippen LogP contribution >= 0.6 is 11.3 Å². The van der Waals surface area contributed by atoms with E-state index in [2.05, 4.69) is 167 Å². The smallest absolute Gasteiger partial charge is 0.109 e. The molecule has 0 aliphatic rings. The van der Waals surface area contributed by atoms with E-state index in [1.165, 1.54) is 48.2 Å². The molecule has 2 nitrogen and oxygen atoms in total. The summed E-state index contributed by atoms with van der Waals surface area (Å²) in [7, 11) is 0. The van der Waals surface area contributed by atoms with E-state index < -0.39 is 0 Å². The SMILES string of the molecule is c1ccc(-c2c3ccccc3n3c2sc2c(-c4ccc(N(c5ccccc5)c5ccccc5)cc4)cccc23)cc1. The predicted molar refractivity (Wildman–Crippen MR) is 176 cm³/mol. The zero-order valence-electron chi connectivity index (χ0n) is 22.3. The molecule has 0 spiro atoms. The highest BCUT2D eigenvalue weighted by Gasteiger charge is 2.20. The van der Waals surface area contributed by atoms with Crippen molar-refractivity contribution in [2.24, 2.45) is 0 Å². The van der Waals surface area contributed by atoms with Crippen molar-refractivity contribution in [2.45, 2.75) is 0 Å². The van der Waals surface area contributed by atoms with E-state index >= 15 is 0 Å². The fraction of sp³-hybridized carbons (Fsp3) is 0. The number of hydrogen-bond donors (Lipinski definition) is 0. The minimum Gasteiger partial charge on any atom is -0.311 e. The van der Waals surface area contributed by atoms with Crippen LogP contribution in [0.2, 0.25) is 0 Å². The van der Waals surface area contributed by atoms with E-state index in [0.717, 1.165) is 17.1 Å². The number of para-hydroxylation sites is 3. The Labute approximate surface area is 243 Å². The number of anilines is 3. The van der Waals surface area contributed by atoms with Gasteiger partial charge in [-0.25, -0.2) is 0 Å². The first kappa shape index (κ1) is 23.7. The molecular formula is C38H26N2S. The summed E-state index contributed by atoms with van der Waals surface area (Å²) in [5.41, 5.74) is 11.0. The number of fused-ring (bicyclic) bond motifs is 5. The first-order valence-electron chi connectivity index (χ1n) is 13.9. The van der Waals surface area contributed by atoms with E-state index in [-0.39, 0.29) is 0 Å². The van der Waals surface area contributed by atoms with Gasteiger partial charge in [-0.05, 0) is 59.7 Å². The van der Waals surface area contributed by atoms with Crippen molar-refractivity contribution in [1.82, 2.24) is 4.40 Å². The zero-order chi connectivity index (χ0) is 27.2. The summed E-state index contributed by atoms with van der Waals surface area (Å²) in [5.74, 6) is 0. The molecule has 0 amide bonds. The van der Waals surface area contributed by atoms with Crippen molar-refractivity contribution in [3.8, 4) is 22.3 Å². The molecule has 0 unspecified atom stereocenters. The third kappa shape index (κ3) is 3.94. The second-order valence-electron chi connectivity index (χ2n) is 10.2. The van der Waals surface area contributed by atoms with Crippen molar-refractivity contribution < 1.29 is 0 Å². The van der Waals surface area contributed by atoms with E-state index in [4.69, 9.17) is 0 Å². The van der Waals surface area contributed by atoms with E-state index in [1.807, 2.05) is 11.3 Å². The Bertz CT molecular complexity index is 2090. The summed E-state index contributed by atoms with van der Waals surface area (Å²) >= 11 is 1.89. The minimum atomic E-state index is 1.13. The molecule has 3 heteroatoms. The molecule has 194 valence electrons. The monoisotopic (exact) mass is 542 g/mol. The fourth-order valence-corrected chi connectivity index (χ4v) is 7.33. The van der Waals surface area contributed by atoms with E-state index in [9.17, 15) is 0 Å². The van der Waals surface area contributed by atoms with Crippen LogP contribution in [-0.4, -0.2) is 4.40 Å². The number of rotatable bonds is 5. The third-order valence-electron chi connectivity index (χ3n) is 7.79. The Morgan fingerprint density at radius 1 is 0.439 bits per heavy atom. The molecule has 2 heterocycles. The van der Waals surface area contributed by atoms with Crippen LogP contribution < -0.4 is 4.90 Å². The van der Waals surface area contributed by atoms with Crippen LogP contribution in [0.1, 0.15) is 0 Å². The normalized spacial score (nSPS) is 11.4. The highest BCUT2D eigenvalue weighted by Crippen LogP contribution is 2.45. The molecule has 0 bridgehead atoms. The van der Waals surface area contributed by atoms with Gasteiger partial charge in [0, 0.05) is 33.6 Å². The first-order valence-corrected chi connectivity index (χ1v) is 14.7. The Kier molecular flexibility index (Phi) is 5.68. The van der Waals surface area contributed by atoms with Gasteiger partial charge in [0.25, 0.3) is 0 Å². The van der Waals surface area contributed by atoms with Crippen LogP contribution in [0.4, 0.5) is 17.1 Å². The van der Waals surface area contributed by atoms with Crippen LogP contribution in [0.25, 0.3) is 48.2 Å². The number of nitrogens with zero attached hydrogens (tertiary/aromatic N) is 2. The van der Waals surface area contributed by atoms with Gasteiger partial charge in [0.15, 0.2) is 0 Å². The van der Waals surface area contributed by atoms with Crippen molar-refractivity contribution in [2.75, 3.05) is 4.90 Å². The third-order valence-corrected chi connectivity index (χ3v) is 9.01. The maximum atomic E-state index is 2.45. The van der Waals surface area contributed by atoms with Gasteiger partial charge in [0.2, 0.25) is 0 Å². The second-order valence-corrected chi connectivity index (χ2v) is 11.2. The molecule has 2 aromatic heterocycles. The second kappa shape index (κ2) is 9.81. The zero-order valence-corrected chi connectivity index (χ0v) is 23.1. The van der Waals surface area contributed by atoms with Crippen LogP contribution in [0.15, 0.2) is 158 Å². The first-order chi connectivity index (χ1) is 20.4. The Balaban J connectivity index is 1.29.